The van der Waals surface area contributed by atoms with E-state index in [0.717, 1.165) is 24.3 Å². The molecule has 4 nitrogen and oxygen atoms in total. The lowest BCUT2D eigenvalue weighted by molar-refractivity contribution is -0.137. The predicted octanol–water partition coefficient (Wildman–Crippen LogP) is 3.96. The van der Waals surface area contributed by atoms with Gasteiger partial charge in [-0.2, -0.15) is 0 Å². The SMILES string of the molecule is CCN(Cc1ccccc1C)C(=O)C1CCCN(C(=O)c2cccs2)C1. The second-order valence-corrected chi connectivity index (χ2v) is 7.79. The highest BCUT2D eigenvalue weighted by atomic mass is 32.1. The Labute approximate surface area is 159 Å². The van der Waals surface area contributed by atoms with Crippen molar-refractivity contribution in [2.45, 2.75) is 33.2 Å². The van der Waals surface area contributed by atoms with Crippen LogP contribution in [0.15, 0.2) is 41.8 Å². The molecular formula is C21H26N2O2S. The van der Waals surface area contributed by atoms with Crippen molar-refractivity contribution in [1.82, 2.24) is 9.80 Å². The van der Waals surface area contributed by atoms with E-state index in [2.05, 4.69) is 19.1 Å². The van der Waals surface area contributed by atoms with Gasteiger partial charge in [-0.15, -0.1) is 11.3 Å². The van der Waals surface area contributed by atoms with E-state index in [0.29, 0.717) is 19.6 Å². The molecule has 1 aromatic carbocycles. The van der Waals surface area contributed by atoms with Gasteiger partial charge < -0.3 is 9.80 Å². The van der Waals surface area contributed by atoms with Gasteiger partial charge >= 0.3 is 0 Å². The van der Waals surface area contributed by atoms with Crippen LogP contribution in [-0.4, -0.2) is 41.2 Å². The van der Waals surface area contributed by atoms with Crippen molar-refractivity contribution < 1.29 is 9.59 Å². The van der Waals surface area contributed by atoms with Crippen LogP contribution < -0.4 is 0 Å². The zero-order valence-electron chi connectivity index (χ0n) is 15.5. The molecule has 0 saturated carbocycles. The first-order valence-electron chi connectivity index (χ1n) is 9.26. The van der Waals surface area contributed by atoms with Crippen LogP contribution in [0.3, 0.4) is 0 Å². The lowest BCUT2D eigenvalue weighted by Crippen LogP contribution is -2.46. The number of thiophene rings is 1. The van der Waals surface area contributed by atoms with Gasteiger partial charge in [0.25, 0.3) is 5.91 Å². The monoisotopic (exact) mass is 370 g/mol. The summed E-state index contributed by atoms with van der Waals surface area (Å²) in [6, 6.07) is 11.9. The molecule has 5 heteroatoms. The molecule has 1 aliphatic heterocycles. The molecule has 0 aliphatic carbocycles. The summed E-state index contributed by atoms with van der Waals surface area (Å²) in [5, 5.41) is 1.92. The normalized spacial score (nSPS) is 17.2. The average molecular weight is 371 g/mol. The van der Waals surface area contributed by atoms with Gasteiger partial charge in [0.2, 0.25) is 5.91 Å². The fraction of sp³-hybridized carbons (Fsp3) is 0.429. The first kappa shape index (κ1) is 18.6. The molecule has 1 aromatic heterocycles. The summed E-state index contributed by atoms with van der Waals surface area (Å²) < 4.78 is 0. The molecule has 1 unspecified atom stereocenters. The Hall–Kier alpha value is -2.14. The number of carbonyl (C=O) groups is 2. The van der Waals surface area contributed by atoms with E-state index in [1.165, 1.54) is 22.5 Å². The maximum absolute atomic E-state index is 13.1. The Balaban J connectivity index is 1.67. The number of hydrogen-bond donors (Lipinski definition) is 0. The fourth-order valence-corrected chi connectivity index (χ4v) is 4.21. The third-order valence-corrected chi connectivity index (χ3v) is 5.96. The summed E-state index contributed by atoms with van der Waals surface area (Å²) >= 11 is 1.46. The number of nitrogens with zero attached hydrogens (tertiary/aromatic N) is 2. The standard InChI is InChI=1S/C21H26N2O2S/c1-3-22(14-17-9-5-4-8-16(17)2)20(24)18-10-6-12-23(15-18)21(25)19-11-7-13-26-19/h4-5,7-9,11,13,18H,3,6,10,12,14-15H2,1-2H3. The Morgan fingerprint density at radius 2 is 2.04 bits per heavy atom. The molecular weight excluding hydrogens is 344 g/mol. The van der Waals surface area contributed by atoms with Crippen LogP contribution in [0.2, 0.25) is 0 Å². The maximum Gasteiger partial charge on any atom is 0.263 e. The molecule has 1 atom stereocenters. The zero-order chi connectivity index (χ0) is 18.5. The third kappa shape index (κ3) is 4.15. The van der Waals surface area contributed by atoms with E-state index in [9.17, 15) is 9.59 Å². The lowest BCUT2D eigenvalue weighted by Gasteiger charge is -2.34. The molecule has 0 bridgehead atoms. The van der Waals surface area contributed by atoms with E-state index in [1.54, 1.807) is 0 Å². The highest BCUT2D eigenvalue weighted by molar-refractivity contribution is 7.12. The van der Waals surface area contributed by atoms with Gasteiger partial charge in [-0.05, 0) is 49.3 Å². The van der Waals surface area contributed by atoms with Crippen molar-refractivity contribution in [3.63, 3.8) is 0 Å². The van der Waals surface area contributed by atoms with Crippen LogP contribution in [0.25, 0.3) is 0 Å². The summed E-state index contributed by atoms with van der Waals surface area (Å²) in [7, 11) is 0. The second-order valence-electron chi connectivity index (χ2n) is 6.85. The van der Waals surface area contributed by atoms with Crippen LogP contribution in [0, 0.1) is 12.8 Å². The number of likely N-dealkylation sites (tertiary alicyclic amines) is 1. The largest absolute Gasteiger partial charge is 0.338 e. The van der Waals surface area contributed by atoms with Crippen LogP contribution in [-0.2, 0) is 11.3 Å². The van der Waals surface area contributed by atoms with Gasteiger partial charge in [0.15, 0.2) is 0 Å². The summed E-state index contributed by atoms with van der Waals surface area (Å²) in [6.07, 6.45) is 1.74. The van der Waals surface area contributed by atoms with Crippen LogP contribution in [0.1, 0.15) is 40.6 Å². The summed E-state index contributed by atoms with van der Waals surface area (Å²) in [5.74, 6) is 0.121. The molecule has 0 N–H and O–H groups in total. The lowest BCUT2D eigenvalue weighted by atomic mass is 9.95. The van der Waals surface area contributed by atoms with Gasteiger partial charge in [-0.3, -0.25) is 9.59 Å². The molecule has 0 radical (unpaired) electrons. The minimum Gasteiger partial charge on any atom is -0.338 e. The summed E-state index contributed by atoms with van der Waals surface area (Å²) in [6.45, 7) is 6.69. The Kier molecular flexibility index (Phi) is 6.09. The smallest absolute Gasteiger partial charge is 0.263 e. The molecule has 0 spiro atoms. The van der Waals surface area contributed by atoms with Crippen LogP contribution in [0.5, 0.6) is 0 Å². The topological polar surface area (TPSA) is 40.6 Å². The summed E-state index contributed by atoms with van der Waals surface area (Å²) in [5.41, 5.74) is 2.39. The second kappa shape index (κ2) is 8.49. The van der Waals surface area contributed by atoms with Gasteiger partial charge in [-0.25, -0.2) is 0 Å². The van der Waals surface area contributed by atoms with E-state index >= 15 is 0 Å². The minimum absolute atomic E-state index is 0.0550. The van der Waals surface area contributed by atoms with Crippen molar-refractivity contribution >= 4 is 23.2 Å². The first-order valence-corrected chi connectivity index (χ1v) is 10.1. The molecule has 138 valence electrons. The molecule has 2 amide bonds. The molecule has 3 rings (SSSR count). The Bertz CT molecular complexity index is 757. The predicted molar refractivity (Wildman–Crippen MR) is 105 cm³/mol. The number of rotatable bonds is 5. The molecule has 26 heavy (non-hydrogen) atoms. The quantitative estimate of drug-likeness (QED) is 0.799. The van der Waals surface area contributed by atoms with E-state index < -0.39 is 0 Å². The van der Waals surface area contributed by atoms with Crippen LogP contribution >= 0.6 is 11.3 Å². The number of piperidine rings is 1. The van der Waals surface area contributed by atoms with E-state index in [1.807, 2.05) is 46.4 Å². The van der Waals surface area contributed by atoms with Crippen molar-refractivity contribution in [2.75, 3.05) is 19.6 Å². The minimum atomic E-state index is -0.100. The summed E-state index contributed by atoms with van der Waals surface area (Å²) in [4.78, 5) is 30.2. The number of carbonyl (C=O) groups excluding carboxylic acids is 2. The van der Waals surface area contributed by atoms with Crippen LogP contribution in [0.4, 0.5) is 0 Å². The van der Waals surface area contributed by atoms with Crippen molar-refractivity contribution in [3.8, 4) is 0 Å². The molecule has 2 aromatic rings. The fourth-order valence-electron chi connectivity index (χ4n) is 3.52. The molecule has 1 fully saturated rings. The van der Waals surface area contributed by atoms with Gasteiger partial charge in [0, 0.05) is 26.2 Å². The Morgan fingerprint density at radius 3 is 2.73 bits per heavy atom. The van der Waals surface area contributed by atoms with Gasteiger partial charge in [0.1, 0.15) is 0 Å². The van der Waals surface area contributed by atoms with E-state index in [4.69, 9.17) is 0 Å². The zero-order valence-corrected chi connectivity index (χ0v) is 16.3. The van der Waals surface area contributed by atoms with Crippen molar-refractivity contribution in [3.05, 3.63) is 57.8 Å². The average Bonchev–Trinajstić information content (AvgIpc) is 3.21. The Morgan fingerprint density at radius 1 is 1.23 bits per heavy atom. The molecule has 1 aliphatic rings. The number of amides is 2. The highest BCUT2D eigenvalue weighted by Crippen LogP contribution is 2.23. The van der Waals surface area contributed by atoms with E-state index in [-0.39, 0.29) is 17.7 Å². The van der Waals surface area contributed by atoms with Gasteiger partial charge in [-0.1, -0.05) is 30.3 Å². The number of benzene rings is 1. The first-order chi connectivity index (χ1) is 12.6. The maximum atomic E-state index is 13.1. The molecule has 2 heterocycles. The van der Waals surface area contributed by atoms with Gasteiger partial charge in [0.05, 0.1) is 10.8 Å². The number of hydrogen-bond acceptors (Lipinski definition) is 3. The highest BCUT2D eigenvalue weighted by Gasteiger charge is 2.31. The number of aryl methyl sites for hydroxylation is 1. The van der Waals surface area contributed by atoms with Crippen molar-refractivity contribution in [1.29, 1.82) is 0 Å². The third-order valence-electron chi connectivity index (χ3n) is 5.11. The molecule has 1 saturated heterocycles. The van der Waals surface area contributed by atoms with Crippen molar-refractivity contribution in [2.24, 2.45) is 5.92 Å².